The van der Waals surface area contributed by atoms with Crippen molar-refractivity contribution in [1.82, 2.24) is 0 Å². The summed E-state index contributed by atoms with van der Waals surface area (Å²) in [4.78, 5) is 45.8. The van der Waals surface area contributed by atoms with Crippen molar-refractivity contribution in [2.45, 2.75) is 77.6 Å². The van der Waals surface area contributed by atoms with Crippen molar-refractivity contribution in [2.75, 3.05) is 6.61 Å². The summed E-state index contributed by atoms with van der Waals surface area (Å²) in [5.74, 6) is 0. The summed E-state index contributed by atoms with van der Waals surface area (Å²) in [6.45, 7) is 2.64. The van der Waals surface area contributed by atoms with E-state index in [1.807, 2.05) is 0 Å². The molecule has 0 atom stereocenters. The van der Waals surface area contributed by atoms with E-state index < -0.39 is 15.6 Å². The van der Waals surface area contributed by atoms with Crippen LogP contribution in [0, 0.1) is 0 Å². The van der Waals surface area contributed by atoms with Gasteiger partial charge in [0.1, 0.15) is 0 Å². The van der Waals surface area contributed by atoms with Crippen molar-refractivity contribution in [2.24, 2.45) is 0 Å². The van der Waals surface area contributed by atoms with Crippen molar-refractivity contribution in [1.29, 1.82) is 0 Å². The van der Waals surface area contributed by atoms with E-state index in [9.17, 15) is 0 Å². The van der Waals surface area contributed by atoms with Crippen LogP contribution in [0.5, 0.6) is 0 Å². The Bertz CT molecular complexity index is 289. The molecule has 0 saturated carbocycles. The molecule has 0 saturated heterocycles. The molecule has 0 aliphatic rings. The maximum Gasteiger partial charge on any atom is 1.00 e. The van der Waals surface area contributed by atoms with Crippen molar-refractivity contribution >= 4 is 15.6 Å². The molecule has 13 heteroatoms. The molecule has 26 heavy (non-hydrogen) atoms. The second-order valence-corrected chi connectivity index (χ2v) is 7.20. The Labute approximate surface area is 242 Å². The van der Waals surface area contributed by atoms with Crippen LogP contribution in [0.25, 0.3) is 0 Å². The molecule has 0 fully saturated rings. The van der Waals surface area contributed by atoms with Crippen LogP contribution >= 0.6 is 15.6 Å². The zero-order chi connectivity index (χ0) is 19.5. The van der Waals surface area contributed by atoms with Crippen molar-refractivity contribution in [3.63, 3.8) is 0 Å². The van der Waals surface area contributed by atoms with Gasteiger partial charge in [-0.25, -0.2) is 0 Å². The van der Waals surface area contributed by atoms with E-state index in [-0.39, 0.29) is 103 Å². The van der Waals surface area contributed by atoms with E-state index in [1.54, 1.807) is 0 Å². The Hall–Kier alpha value is 3.45. The maximum atomic E-state index is 8.77. The van der Waals surface area contributed by atoms with Gasteiger partial charge in [0.2, 0.25) is 0 Å². The van der Waals surface area contributed by atoms with Gasteiger partial charge in [-0.05, 0) is 6.42 Å². The molecule has 0 radical (unpaired) electrons. The molecule has 0 amide bonds. The first-order chi connectivity index (χ1) is 10.9. The zero-order valence-electron chi connectivity index (χ0n) is 16.2. The third-order valence-electron chi connectivity index (χ3n) is 2.76. The quantitative estimate of drug-likeness (QED) is 0.112. The first kappa shape index (κ1) is 39.9. The van der Waals surface area contributed by atoms with Crippen LogP contribution in [-0.4, -0.2) is 31.3 Å². The average molecular weight is 473 g/mol. The Morgan fingerprint density at radius 3 is 1.00 bits per heavy atom. The number of rotatable bonds is 11. The van der Waals surface area contributed by atoms with E-state index in [2.05, 4.69) is 6.92 Å². The smallest absolute Gasteiger partial charge is 0.756 e. The van der Waals surface area contributed by atoms with Gasteiger partial charge in [-0.15, -0.1) is 0 Å². The largest absolute Gasteiger partial charge is 1.00 e. The Morgan fingerprint density at radius 1 is 0.615 bits per heavy atom. The molecule has 0 aromatic carbocycles. The maximum absolute atomic E-state index is 8.77. The molecule has 0 spiro atoms. The van der Waals surface area contributed by atoms with Crippen LogP contribution in [0.1, 0.15) is 77.6 Å². The van der Waals surface area contributed by atoms with Gasteiger partial charge in [-0.1, -0.05) is 71.1 Å². The summed E-state index contributed by atoms with van der Waals surface area (Å²) in [5.41, 5.74) is 0. The van der Waals surface area contributed by atoms with Crippen LogP contribution < -0.4 is 113 Å². The van der Waals surface area contributed by atoms with Crippen LogP contribution in [-0.2, 0) is 9.13 Å². The van der Waals surface area contributed by atoms with E-state index in [1.165, 1.54) is 64.2 Å². The predicted octanol–water partition coefficient (Wildman–Crippen LogP) is -4.82. The minimum atomic E-state index is -4.89. The average Bonchev–Trinajstić information content (AvgIpc) is 2.37. The van der Waals surface area contributed by atoms with Gasteiger partial charge in [-0.3, -0.25) is 9.13 Å². The van der Waals surface area contributed by atoms with Crippen molar-refractivity contribution < 1.29 is 146 Å². The molecule has 0 unspecified atom stereocenters. The molecular weight excluding hydrogens is 440 g/mol. The topological polar surface area (TPSA) is 181 Å². The normalized spacial score (nSPS) is 10.3. The third kappa shape index (κ3) is 92.0. The van der Waals surface area contributed by atoms with Gasteiger partial charge in [0.25, 0.3) is 15.6 Å². The number of hydrogen-bond acceptors (Lipinski definition) is 5. The molecular formula is C13H32K2O9P2. The summed E-state index contributed by atoms with van der Waals surface area (Å²) >= 11 is 0. The van der Waals surface area contributed by atoms with Gasteiger partial charge >= 0.3 is 103 Å². The zero-order valence-corrected chi connectivity index (χ0v) is 24.3. The molecule has 9 nitrogen and oxygen atoms in total. The second-order valence-electron chi connectivity index (χ2n) is 5.24. The molecule has 150 valence electrons. The summed E-state index contributed by atoms with van der Waals surface area (Å²) in [7, 11) is -9.78. The van der Waals surface area contributed by atoms with Gasteiger partial charge in [0.05, 0.1) is 0 Å². The van der Waals surface area contributed by atoms with Gasteiger partial charge in [-0.2, -0.15) is 0 Å². The van der Waals surface area contributed by atoms with Gasteiger partial charge < -0.3 is 34.5 Å². The summed E-state index contributed by atoms with van der Waals surface area (Å²) in [5, 5.41) is 8.59. The van der Waals surface area contributed by atoms with E-state index in [0.717, 1.165) is 6.42 Å². The minimum Gasteiger partial charge on any atom is -0.756 e. The molecule has 0 rings (SSSR count). The Morgan fingerprint density at radius 2 is 0.808 bits per heavy atom. The molecule has 0 aromatic rings. The number of aliphatic hydroxyl groups is 1. The van der Waals surface area contributed by atoms with Crippen LogP contribution in [0.2, 0.25) is 0 Å². The Kier molecular flexibility index (Phi) is 43.6. The number of phosphoric acid groups is 2. The van der Waals surface area contributed by atoms with E-state index in [4.69, 9.17) is 43.6 Å². The summed E-state index contributed by atoms with van der Waals surface area (Å²) in [6.07, 6.45) is 14.8. The molecule has 0 heterocycles. The SMILES string of the molecule is CCCCCCCCCCCCCO.O=P([O-])(O)O.O=P([O-])(O)O.[K+].[K+]. The first-order valence-corrected chi connectivity index (χ1v) is 11.1. The van der Waals surface area contributed by atoms with Crippen LogP contribution in [0.3, 0.4) is 0 Å². The van der Waals surface area contributed by atoms with Gasteiger partial charge in [0, 0.05) is 6.61 Å². The van der Waals surface area contributed by atoms with Crippen LogP contribution in [0.15, 0.2) is 0 Å². The van der Waals surface area contributed by atoms with E-state index >= 15 is 0 Å². The fourth-order valence-electron chi connectivity index (χ4n) is 1.78. The van der Waals surface area contributed by atoms with Gasteiger partial charge in [0.15, 0.2) is 0 Å². The second kappa shape index (κ2) is 28.5. The monoisotopic (exact) mass is 472 g/mol. The molecule has 5 N–H and O–H groups in total. The molecule has 0 bridgehead atoms. The first-order valence-electron chi connectivity index (χ1n) is 8.05. The molecule has 0 aromatic heterocycles. The van der Waals surface area contributed by atoms with Crippen LogP contribution in [0.4, 0.5) is 0 Å². The van der Waals surface area contributed by atoms with E-state index in [0.29, 0.717) is 6.61 Å². The van der Waals surface area contributed by atoms with Crippen molar-refractivity contribution in [3.8, 4) is 0 Å². The van der Waals surface area contributed by atoms with Crippen molar-refractivity contribution in [3.05, 3.63) is 0 Å². The molecule has 0 aliphatic heterocycles. The standard InChI is InChI=1S/C13H28O.2K.2H3O4P/c1-2-3-4-5-6-7-8-9-10-11-12-13-14;;;2*1-5(2,3)4/h14H,2-13H2,1H3;;;2*(H3,1,2,3,4)/q;2*+1;;/p-2. The number of unbranched alkanes of at least 4 members (excludes halogenated alkanes) is 10. The third-order valence-corrected chi connectivity index (χ3v) is 2.76. The summed E-state index contributed by atoms with van der Waals surface area (Å²) < 4.78 is 17.5. The molecule has 0 aliphatic carbocycles. The fourth-order valence-corrected chi connectivity index (χ4v) is 1.78. The Balaban J connectivity index is -0.000000102. The fraction of sp³-hybridized carbons (Fsp3) is 1.00. The predicted molar refractivity (Wildman–Crippen MR) is 87.6 cm³/mol. The number of hydrogen-bond donors (Lipinski definition) is 5. The summed E-state index contributed by atoms with van der Waals surface area (Å²) in [6, 6.07) is 0. The number of aliphatic hydroxyl groups excluding tert-OH is 1. The minimum absolute atomic E-state index is 0.